The molecular formula is C15H22N4S. The lowest BCUT2D eigenvalue weighted by molar-refractivity contribution is 0.655. The van der Waals surface area contributed by atoms with Crippen molar-refractivity contribution in [3.8, 4) is 0 Å². The van der Waals surface area contributed by atoms with Crippen LogP contribution in [0.5, 0.6) is 0 Å². The van der Waals surface area contributed by atoms with Crippen molar-refractivity contribution in [2.45, 2.75) is 32.0 Å². The SMILES string of the molecule is CNC(CSc1nnc(C)n1C)c1ccc(C)cc1C. The fraction of sp³-hybridized carbons (Fsp3) is 0.467. The van der Waals surface area contributed by atoms with Gasteiger partial charge in [0, 0.05) is 18.8 Å². The van der Waals surface area contributed by atoms with Crippen LogP contribution >= 0.6 is 11.8 Å². The lowest BCUT2D eigenvalue weighted by atomic mass is 10.0. The molecule has 0 fully saturated rings. The Morgan fingerprint density at radius 1 is 1.25 bits per heavy atom. The maximum absolute atomic E-state index is 4.20. The number of hydrogen-bond acceptors (Lipinski definition) is 4. The molecule has 0 radical (unpaired) electrons. The van der Waals surface area contributed by atoms with Gasteiger partial charge in [0.05, 0.1) is 0 Å². The van der Waals surface area contributed by atoms with Crippen LogP contribution in [0.15, 0.2) is 23.4 Å². The summed E-state index contributed by atoms with van der Waals surface area (Å²) in [5.41, 5.74) is 3.99. The van der Waals surface area contributed by atoms with Crippen LogP contribution in [0.4, 0.5) is 0 Å². The summed E-state index contributed by atoms with van der Waals surface area (Å²) in [6.07, 6.45) is 0. The summed E-state index contributed by atoms with van der Waals surface area (Å²) >= 11 is 1.74. The third kappa shape index (κ3) is 3.22. The van der Waals surface area contributed by atoms with Crippen LogP contribution in [0.25, 0.3) is 0 Å². The van der Waals surface area contributed by atoms with Gasteiger partial charge in [0.1, 0.15) is 5.82 Å². The number of thioether (sulfide) groups is 1. The van der Waals surface area contributed by atoms with E-state index >= 15 is 0 Å². The van der Waals surface area contributed by atoms with E-state index in [2.05, 4.69) is 47.6 Å². The minimum atomic E-state index is 0.317. The highest BCUT2D eigenvalue weighted by Crippen LogP contribution is 2.25. The zero-order chi connectivity index (χ0) is 14.7. The Hall–Kier alpha value is -1.33. The molecule has 0 aliphatic heterocycles. The Morgan fingerprint density at radius 2 is 2.00 bits per heavy atom. The van der Waals surface area contributed by atoms with Gasteiger partial charge in [-0.3, -0.25) is 0 Å². The van der Waals surface area contributed by atoms with E-state index in [-0.39, 0.29) is 0 Å². The smallest absolute Gasteiger partial charge is 0.191 e. The molecule has 20 heavy (non-hydrogen) atoms. The van der Waals surface area contributed by atoms with Crippen LogP contribution < -0.4 is 5.32 Å². The predicted octanol–water partition coefficient (Wildman–Crippen LogP) is 2.79. The lowest BCUT2D eigenvalue weighted by Gasteiger charge is -2.18. The normalized spacial score (nSPS) is 12.7. The lowest BCUT2D eigenvalue weighted by Crippen LogP contribution is -2.20. The van der Waals surface area contributed by atoms with Gasteiger partial charge in [-0.15, -0.1) is 10.2 Å². The van der Waals surface area contributed by atoms with E-state index < -0.39 is 0 Å². The molecule has 1 aromatic heterocycles. The van der Waals surface area contributed by atoms with Crippen LogP contribution in [0.2, 0.25) is 0 Å². The molecule has 5 heteroatoms. The van der Waals surface area contributed by atoms with Crippen LogP contribution in [-0.4, -0.2) is 27.6 Å². The Balaban J connectivity index is 2.11. The summed E-state index contributed by atoms with van der Waals surface area (Å²) in [5, 5.41) is 12.7. The first-order valence-corrected chi connectivity index (χ1v) is 7.74. The third-order valence-corrected chi connectivity index (χ3v) is 4.69. The number of benzene rings is 1. The molecule has 1 aromatic carbocycles. The number of nitrogens with zero attached hydrogens (tertiary/aromatic N) is 3. The average Bonchev–Trinajstić information content (AvgIpc) is 2.73. The minimum Gasteiger partial charge on any atom is -0.312 e. The Bertz CT molecular complexity index is 592. The number of rotatable bonds is 5. The molecule has 0 saturated carbocycles. The Kier molecular flexibility index (Phi) is 4.83. The zero-order valence-corrected chi connectivity index (χ0v) is 13.6. The molecule has 0 spiro atoms. The van der Waals surface area contributed by atoms with Gasteiger partial charge < -0.3 is 9.88 Å². The molecule has 1 atom stereocenters. The van der Waals surface area contributed by atoms with Crippen molar-refractivity contribution in [1.82, 2.24) is 20.1 Å². The molecule has 2 rings (SSSR count). The maximum Gasteiger partial charge on any atom is 0.191 e. The van der Waals surface area contributed by atoms with Crippen LogP contribution in [0.3, 0.4) is 0 Å². The molecular weight excluding hydrogens is 268 g/mol. The van der Waals surface area contributed by atoms with Crippen molar-refractivity contribution < 1.29 is 0 Å². The largest absolute Gasteiger partial charge is 0.312 e. The van der Waals surface area contributed by atoms with Crippen molar-refractivity contribution >= 4 is 11.8 Å². The molecule has 1 unspecified atom stereocenters. The highest BCUT2D eigenvalue weighted by Gasteiger charge is 2.14. The second-order valence-corrected chi connectivity index (χ2v) is 6.09. The van der Waals surface area contributed by atoms with Gasteiger partial charge in [0.15, 0.2) is 5.16 Å². The summed E-state index contributed by atoms with van der Waals surface area (Å²) in [4.78, 5) is 0. The van der Waals surface area contributed by atoms with E-state index in [9.17, 15) is 0 Å². The van der Waals surface area contributed by atoms with E-state index in [1.165, 1.54) is 16.7 Å². The molecule has 1 N–H and O–H groups in total. The van der Waals surface area contributed by atoms with E-state index in [4.69, 9.17) is 0 Å². The minimum absolute atomic E-state index is 0.317. The van der Waals surface area contributed by atoms with Gasteiger partial charge in [-0.25, -0.2) is 0 Å². The molecule has 1 heterocycles. The second-order valence-electron chi connectivity index (χ2n) is 5.10. The number of aromatic nitrogens is 3. The van der Waals surface area contributed by atoms with Crippen LogP contribution in [0.1, 0.15) is 28.6 Å². The van der Waals surface area contributed by atoms with E-state index in [1.807, 2.05) is 25.6 Å². The number of hydrogen-bond donors (Lipinski definition) is 1. The van der Waals surface area contributed by atoms with Crippen molar-refractivity contribution in [3.05, 3.63) is 40.7 Å². The summed E-state index contributed by atoms with van der Waals surface area (Å²) in [5.74, 6) is 1.88. The van der Waals surface area contributed by atoms with Crippen molar-refractivity contribution in [3.63, 3.8) is 0 Å². The molecule has 0 saturated heterocycles. The van der Waals surface area contributed by atoms with Gasteiger partial charge >= 0.3 is 0 Å². The topological polar surface area (TPSA) is 42.7 Å². The van der Waals surface area contributed by atoms with Crippen LogP contribution in [0, 0.1) is 20.8 Å². The molecule has 0 aliphatic rings. The van der Waals surface area contributed by atoms with Gasteiger partial charge in [-0.2, -0.15) is 0 Å². The monoisotopic (exact) mass is 290 g/mol. The van der Waals surface area contributed by atoms with Crippen molar-refractivity contribution in [2.75, 3.05) is 12.8 Å². The second kappa shape index (κ2) is 6.41. The first-order valence-electron chi connectivity index (χ1n) is 6.76. The quantitative estimate of drug-likeness (QED) is 0.860. The summed E-state index contributed by atoms with van der Waals surface area (Å²) in [7, 11) is 4.01. The van der Waals surface area contributed by atoms with Crippen LogP contribution in [-0.2, 0) is 7.05 Å². The summed E-state index contributed by atoms with van der Waals surface area (Å²) in [6.45, 7) is 6.27. The molecule has 4 nitrogen and oxygen atoms in total. The van der Waals surface area contributed by atoms with Gasteiger partial charge in [0.25, 0.3) is 0 Å². The van der Waals surface area contributed by atoms with E-state index in [0.717, 1.165) is 16.7 Å². The van der Waals surface area contributed by atoms with Crippen molar-refractivity contribution in [1.29, 1.82) is 0 Å². The Labute approximate surface area is 125 Å². The fourth-order valence-electron chi connectivity index (χ4n) is 2.22. The predicted molar refractivity (Wildman–Crippen MR) is 84.2 cm³/mol. The van der Waals surface area contributed by atoms with E-state index in [1.54, 1.807) is 11.8 Å². The Morgan fingerprint density at radius 3 is 2.55 bits per heavy atom. The standard InChI is InChI=1S/C15H22N4S/c1-10-6-7-13(11(2)8-10)14(16-4)9-20-15-18-17-12(3)19(15)5/h6-8,14,16H,9H2,1-5H3. The molecule has 2 aromatic rings. The number of nitrogens with one attached hydrogen (secondary N) is 1. The van der Waals surface area contributed by atoms with Crippen molar-refractivity contribution in [2.24, 2.45) is 7.05 Å². The maximum atomic E-state index is 4.20. The summed E-state index contributed by atoms with van der Waals surface area (Å²) < 4.78 is 2.03. The molecule has 0 aliphatic carbocycles. The molecule has 108 valence electrons. The highest BCUT2D eigenvalue weighted by atomic mass is 32.2. The van der Waals surface area contributed by atoms with Gasteiger partial charge in [0.2, 0.25) is 0 Å². The van der Waals surface area contributed by atoms with Gasteiger partial charge in [-0.1, -0.05) is 35.5 Å². The number of aryl methyl sites for hydroxylation is 3. The third-order valence-electron chi connectivity index (χ3n) is 3.58. The molecule has 0 bridgehead atoms. The first kappa shape index (κ1) is 15.1. The average molecular weight is 290 g/mol. The molecule has 0 amide bonds. The highest BCUT2D eigenvalue weighted by molar-refractivity contribution is 7.99. The van der Waals surface area contributed by atoms with Gasteiger partial charge in [-0.05, 0) is 38.9 Å². The first-order chi connectivity index (χ1) is 9.52. The fourth-order valence-corrected chi connectivity index (χ4v) is 3.30. The zero-order valence-electron chi connectivity index (χ0n) is 12.8. The van der Waals surface area contributed by atoms with E-state index in [0.29, 0.717) is 6.04 Å². The summed E-state index contributed by atoms with van der Waals surface area (Å²) in [6, 6.07) is 6.94.